The Morgan fingerprint density at radius 1 is 0.519 bits per heavy atom. The third-order valence-electron chi connectivity index (χ3n) is 18.0. The fourth-order valence-corrected chi connectivity index (χ4v) is 18.2. The molecule has 32 nitrogen and oxygen atoms in total. The molecular weight excluding hydrogens is 1490 g/mol. The van der Waals surface area contributed by atoms with Crippen LogP contribution in [-0.4, -0.2) is 223 Å². The van der Waals surface area contributed by atoms with Gasteiger partial charge in [0.15, 0.2) is 25.3 Å². The molecule has 36 heteroatoms. The summed E-state index contributed by atoms with van der Waals surface area (Å²) in [5, 5.41) is 34.6. The van der Waals surface area contributed by atoms with Crippen LogP contribution in [-0.2, 0) is 89.5 Å². The first-order valence-electron chi connectivity index (χ1n) is 36.1. The number of hydrogen-bond acceptors (Lipinski definition) is 24. The number of carbonyl (C=O) groups excluding carboxylic acids is 4. The average Bonchev–Trinajstić information content (AvgIpc) is 1.81. The number of nitrogens with one attached hydrogen (secondary N) is 4. The van der Waals surface area contributed by atoms with E-state index in [0.29, 0.717) is 48.7 Å². The summed E-state index contributed by atoms with van der Waals surface area (Å²) in [5.41, 5.74) is 1.25. The predicted octanol–water partition coefficient (Wildman–Crippen LogP) is 7.00. The number of nitrogens with zero attached hydrogens (tertiary/aromatic N) is 2. The largest absolute Gasteiger partial charge is 0.497 e. The van der Waals surface area contributed by atoms with Crippen LogP contribution in [0.15, 0.2) is 107 Å². The highest BCUT2D eigenvalue weighted by atomic mass is 32.2. The van der Waals surface area contributed by atoms with E-state index in [1.54, 1.807) is 90.1 Å². The van der Waals surface area contributed by atoms with Gasteiger partial charge in [0.2, 0.25) is 27.5 Å². The maximum absolute atomic E-state index is 14.6. The second-order valence-corrected chi connectivity index (χ2v) is 35.9. The molecule has 4 aromatic rings. The number of esters is 2. The van der Waals surface area contributed by atoms with E-state index >= 15 is 0 Å². The van der Waals surface area contributed by atoms with Gasteiger partial charge in [-0.2, -0.15) is 8.61 Å². The first-order valence-corrected chi connectivity index (χ1v) is 42.6. The normalized spacial score (nSPS) is 20.8. The number of aliphatic hydroxyl groups is 2. The maximum atomic E-state index is 14.6. The van der Waals surface area contributed by atoms with E-state index in [1.807, 2.05) is 27.7 Å². The lowest BCUT2D eigenvalue weighted by Gasteiger charge is -2.31. The summed E-state index contributed by atoms with van der Waals surface area (Å²) >= 11 is 0. The molecule has 2 amide bonds. The van der Waals surface area contributed by atoms with Crippen molar-refractivity contribution >= 4 is 59.2 Å². The van der Waals surface area contributed by atoms with Gasteiger partial charge in [0.1, 0.15) is 47.3 Å². The Labute approximate surface area is 632 Å². The quantitative estimate of drug-likeness (QED) is 0.0126. The molecule has 0 bridgehead atoms. The Morgan fingerprint density at radius 2 is 0.870 bits per heavy atom. The topological polar surface area (TPSA) is 417 Å². The van der Waals surface area contributed by atoms with E-state index in [0.717, 1.165) is 0 Å². The average molecular weight is 1600 g/mol. The van der Waals surface area contributed by atoms with Gasteiger partial charge in [-0.1, -0.05) is 79.7 Å². The van der Waals surface area contributed by atoms with Gasteiger partial charge in [-0.25, -0.2) is 36.6 Å². The third kappa shape index (κ3) is 26.3. The smallest absolute Gasteiger partial charge is 0.407 e. The van der Waals surface area contributed by atoms with Crippen molar-refractivity contribution in [3.63, 3.8) is 0 Å². The zero-order valence-electron chi connectivity index (χ0n) is 63.2. The van der Waals surface area contributed by atoms with Crippen LogP contribution in [0.2, 0.25) is 0 Å². The molecular formula is C72H108N6O26P2S2. The summed E-state index contributed by atoms with van der Waals surface area (Å²) in [6, 6.07) is 20.7. The molecule has 4 aliphatic heterocycles. The van der Waals surface area contributed by atoms with Crippen molar-refractivity contribution in [3.8, 4) is 23.0 Å². The highest BCUT2D eigenvalue weighted by Gasteiger charge is 2.46. The molecule has 108 heavy (non-hydrogen) atoms. The van der Waals surface area contributed by atoms with Crippen molar-refractivity contribution in [2.75, 3.05) is 92.7 Å². The number of hydrogen-bond donors (Lipinski definition) is 8. The molecule has 0 saturated carbocycles. The number of ether oxygens (including phenoxy) is 12. The first kappa shape index (κ1) is 88.7. The van der Waals surface area contributed by atoms with Crippen molar-refractivity contribution in [3.05, 3.63) is 108 Å². The van der Waals surface area contributed by atoms with E-state index in [1.165, 1.54) is 71.4 Å². The van der Waals surface area contributed by atoms with Crippen molar-refractivity contribution in [2.45, 2.75) is 166 Å². The highest BCUT2D eigenvalue weighted by molar-refractivity contribution is 7.89. The number of methoxy groups -OCH3 is 2. The van der Waals surface area contributed by atoms with Gasteiger partial charge in [-0.15, -0.1) is 0 Å². The lowest BCUT2D eigenvalue weighted by Crippen LogP contribution is -2.51. The number of amides is 2. The number of benzene rings is 4. The van der Waals surface area contributed by atoms with Crippen LogP contribution in [0.25, 0.3) is 0 Å². The van der Waals surface area contributed by atoms with Gasteiger partial charge >= 0.3 is 31.7 Å². The monoisotopic (exact) mass is 1600 g/mol. The number of carbonyl (C=O) groups is 4. The summed E-state index contributed by atoms with van der Waals surface area (Å²) in [5.74, 6) is -0.839. The summed E-state index contributed by atoms with van der Waals surface area (Å²) in [7, 11) is -13.5. The number of sulfonamides is 2. The van der Waals surface area contributed by atoms with E-state index in [2.05, 4.69) is 20.8 Å². The van der Waals surface area contributed by atoms with Crippen LogP contribution in [0.3, 0.4) is 0 Å². The van der Waals surface area contributed by atoms with Crippen molar-refractivity contribution in [1.82, 2.24) is 29.4 Å². The van der Waals surface area contributed by atoms with Crippen LogP contribution in [0, 0.1) is 35.5 Å². The van der Waals surface area contributed by atoms with Gasteiger partial charge in [0.25, 0.3) is 0 Å². The molecule has 4 fully saturated rings. The van der Waals surface area contributed by atoms with Gasteiger partial charge in [-0.05, 0) is 147 Å². The van der Waals surface area contributed by atoms with Crippen molar-refractivity contribution in [1.29, 1.82) is 0 Å². The molecule has 0 aliphatic carbocycles. The number of aliphatic hydroxyl groups excluding tert-OH is 2. The SMILES string of the molecule is CCOC(=O)[C@@H](NP(=O)(COc1ccc(C[C@H](NC(=O)O[C@H]2CO[C@H]3OCC[C@H]32)[C@H](O)CN(CC(C)C)S(=O)(=O)c2ccc(OC)cc2)cc1)N[C@@H](C(=O)OCC)C(C)C)C(C)C.COc1ccc(S(=O)(=O)N(CC(C)C)C[C@@H](O)[C@H](Cc2ccc(OCP(=O)(O)O)cc2)NC(=O)O[C@H]2CO[C@H]3OCC[C@H]32)cc1. The highest BCUT2D eigenvalue weighted by Crippen LogP contribution is 2.41. The molecule has 0 aromatic heterocycles. The van der Waals surface area contributed by atoms with Gasteiger partial charge in [0.05, 0.1) is 99.8 Å². The molecule has 604 valence electrons. The lowest BCUT2D eigenvalue weighted by molar-refractivity contribution is -0.146. The Kier molecular flexibility index (Phi) is 33.7. The number of fused-ring (bicyclic) bond motifs is 2. The van der Waals surface area contributed by atoms with E-state index in [9.17, 15) is 55.4 Å². The minimum atomic E-state index is -4.37. The minimum Gasteiger partial charge on any atom is -0.497 e. The molecule has 8 N–H and O–H groups in total. The van der Waals surface area contributed by atoms with Crippen LogP contribution >= 0.6 is 15.0 Å². The lowest BCUT2D eigenvalue weighted by atomic mass is 10.0. The first-order chi connectivity index (χ1) is 51.0. The molecule has 0 radical (unpaired) electrons. The molecule has 0 spiro atoms. The molecule has 4 heterocycles. The zero-order chi connectivity index (χ0) is 79.3. The second kappa shape index (κ2) is 41.1. The summed E-state index contributed by atoms with van der Waals surface area (Å²) in [4.78, 5) is 70.6. The Hall–Kier alpha value is -6.56. The third-order valence-corrected chi connectivity index (χ3v) is 24.1. The summed E-state index contributed by atoms with van der Waals surface area (Å²) in [6.45, 7) is 18.9. The van der Waals surface area contributed by atoms with E-state index in [4.69, 9.17) is 66.6 Å². The fourth-order valence-electron chi connectivity index (χ4n) is 12.4. The van der Waals surface area contributed by atoms with Crippen LogP contribution < -0.4 is 39.8 Å². The van der Waals surface area contributed by atoms with E-state index < -0.39 is 133 Å². The molecule has 4 aromatic carbocycles. The van der Waals surface area contributed by atoms with Crippen molar-refractivity contribution in [2.24, 2.45) is 35.5 Å². The molecule has 4 saturated heterocycles. The Balaban J connectivity index is 0.000000318. The van der Waals surface area contributed by atoms with Crippen LogP contribution in [0.4, 0.5) is 9.59 Å². The zero-order valence-corrected chi connectivity index (χ0v) is 66.6. The number of rotatable bonds is 40. The standard InChI is InChI=1S/C43H67N4O14PS.C29H41N2O12PS/c1-10-56-40(49)38(28(5)6)45-62(52,46-39(29(7)8)41(50)57-11-2)26-60-32-14-12-30(13-15-32)22-35(44-43(51)61-37-25-59-42-34(37)20-21-58-42)36(48)24-47(23-27(3)4)63(53,54)33-18-16-31(55-9)17-19-33;1-19(2)15-31(45(37,38)23-10-8-21(39-3)9-11-23)16-26(32)25(14-20-4-6-22(7-5-20)42-18-44(34,35)36)30-29(33)43-27-17-41-28-24(27)12-13-40-28/h12-19,27-29,34-39,42,48H,10-11,20-26H2,1-9H3,(H,44,51)(H2,45,46,52);4-11,19,24-28,32H,12-18H2,1-3H3,(H,30,33)(H2,34,35,36)/t34-,35-,36+,37-,38-,39+,42+,62?;24-,25-,26+,27-,28+/m00/s1. The van der Waals surface area contributed by atoms with Gasteiger partial charge < -0.3 is 87.5 Å². The minimum absolute atomic E-state index is 0.0152. The maximum Gasteiger partial charge on any atom is 0.407 e. The van der Waals surface area contributed by atoms with Crippen LogP contribution in [0.5, 0.6) is 23.0 Å². The molecule has 13 atom stereocenters. The van der Waals surface area contributed by atoms with Gasteiger partial charge in [-0.3, -0.25) is 18.7 Å². The summed E-state index contributed by atoms with van der Waals surface area (Å²) in [6.07, 6.45) is -6.18. The Morgan fingerprint density at radius 3 is 1.19 bits per heavy atom. The van der Waals surface area contributed by atoms with Crippen molar-refractivity contribution < 1.29 is 122 Å². The van der Waals surface area contributed by atoms with E-state index in [-0.39, 0.29) is 122 Å². The molecule has 8 rings (SSSR count). The predicted molar refractivity (Wildman–Crippen MR) is 395 cm³/mol. The second-order valence-electron chi connectivity index (χ2n) is 28.2. The molecule has 1 unspecified atom stereocenters. The molecule has 4 aliphatic rings. The number of alkyl carbamates (subject to hydrolysis) is 2. The Bertz CT molecular complexity index is 3810. The van der Waals surface area contributed by atoms with Crippen LogP contribution in [0.1, 0.15) is 93.2 Å². The summed E-state index contributed by atoms with van der Waals surface area (Å²) < 4.78 is 149. The fraction of sp³-hybridized carbons (Fsp3) is 0.611. The van der Waals surface area contributed by atoms with Gasteiger partial charge in [0, 0.05) is 26.2 Å².